The van der Waals surface area contributed by atoms with E-state index < -0.39 is 91.5 Å². The van der Waals surface area contributed by atoms with Gasteiger partial charge >= 0.3 is 5.97 Å². The van der Waals surface area contributed by atoms with Crippen molar-refractivity contribution in [3.8, 4) is 0 Å². The van der Waals surface area contributed by atoms with Crippen molar-refractivity contribution in [1.82, 2.24) is 0 Å². The first-order chi connectivity index (χ1) is 18.3. The van der Waals surface area contributed by atoms with Crippen molar-refractivity contribution in [1.29, 1.82) is 0 Å². The van der Waals surface area contributed by atoms with E-state index in [-0.39, 0.29) is 13.2 Å². The van der Waals surface area contributed by atoms with E-state index in [1.165, 1.54) is 14.0 Å². The molecule has 228 valence electrons. The summed E-state index contributed by atoms with van der Waals surface area (Å²) in [4.78, 5) is 10.5. The summed E-state index contributed by atoms with van der Waals surface area (Å²) in [6.07, 6.45) is -12.6. The standard InChI is InChI=1S/C16H28O10.C8H14O5/c1-6-12(8(17)10(19)14(21-4)23-6)25-15-11(20)9(18)13-7(24-15)5-22-16(2,3)26-13;1-5(9)13-4-7-8(11)6(10)2-3-12-7/h6-15,17-20H,5H2,1-4H3;6-8,10-11H,2-4H2,1H3/t6?,7?,8-,9-,10?,11?,12?,13+,14+,15-;6-,7?,8-/m00/s1. The second-order valence-corrected chi connectivity index (χ2v) is 10.4. The molecule has 39 heavy (non-hydrogen) atoms. The number of fused-ring (bicyclic) bond motifs is 1. The summed E-state index contributed by atoms with van der Waals surface area (Å²) in [7, 11) is 1.35. The van der Waals surface area contributed by atoms with Crippen molar-refractivity contribution in [2.45, 2.75) is 120 Å². The fourth-order valence-electron chi connectivity index (χ4n) is 4.69. The Morgan fingerprint density at radius 2 is 1.62 bits per heavy atom. The highest BCUT2D eigenvalue weighted by atomic mass is 16.8. The van der Waals surface area contributed by atoms with Crippen LogP contribution in [0, 0.1) is 0 Å². The Bertz CT molecular complexity index is 781. The predicted octanol–water partition coefficient (Wildman–Crippen LogP) is -2.86. The lowest BCUT2D eigenvalue weighted by molar-refractivity contribution is -0.397. The second-order valence-electron chi connectivity index (χ2n) is 10.4. The first-order valence-corrected chi connectivity index (χ1v) is 12.9. The minimum atomic E-state index is -1.41. The Labute approximate surface area is 226 Å². The minimum Gasteiger partial charge on any atom is -0.463 e. The summed E-state index contributed by atoms with van der Waals surface area (Å²) in [6.45, 7) is 6.85. The maximum absolute atomic E-state index is 10.5. The third kappa shape index (κ3) is 8.03. The van der Waals surface area contributed by atoms with Crippen molar-refractivity contribution in [3.05, 3.63) is 0 Å². The third-order valence-corrected chi connectivity index (χ3v) is 6.93. The fourth-order valence-corrected chi connectivity index (χ4v) is 4.69. The van der Waals surface area contributed by atoms with Crippen LogP contribution in [0.2, 0.25) is 0 Å². The number of hydrogen-bond donors (Lipinski definition) is 6. The number of ether oxygens (including phenoxy) is 8. The van der Waals surface area contributed by atoms with Gasteiger partial charge < -0.3 is 68.5 Å². The molecule has 0 aliphatic carbocycles. The summed E-state index contributed by atoms with van der Waals surface area (Å²) in [5, 5.41) is 59.8. The number of hydrogen-bond acceptors (Lipinski definition) is 15. The summed E-state index contributed by atoms with van der Waals surface area (Å²) in [5.74, 6) is -1.32. The van der Waals surface area contributed by atoms with Crippen molar-refractivity contribution in [2.24, 2.45) is 0 Å². The van der Waals surface area contributed by atoms with Crippen LogP contribution in [0.5, 0.6) is 0 Å². The van der Waals surface area contributed by atoms with Crippen LogP contribution in [0.25, 0.3) is 0 Å². The Hall–Kier alpha value is -1.05. The fraction of sp³-hybridized carbons (Fsp3) is 0.958. The molecule has 0 radical (unpaired) electrons. The van der Waals surface area contributed by atoms with E-state index in [0.29, 0.717) is 13.0 Å². The van der Waals surface area contributed by atoms with Crippen molar-refractivity contribution >= 4 is 5.97 Å². The van der Waals surface area contributed by atoms with Gasteiger partial charge in [0.2, 0.25) is 0 Å². The van der Waals surface area contributed by atoms with E-state index in [1.807, 2.05) is 0 Å². The van der Waals surface area contributed by atoms with E-state index >= 15 is 0 Å². The molecule has 0 bridgehead atoms. The maximum atomic E-state index is 10.5. The molecule has 4 heterocycles. The van der Waals surface area contributed by atoms with Crippen molar-refractivity contribution < 1.29 is 73.3 Å². The molecule has 0 aromatic rings. The Morgan fingerprint density at radius 3 is 2.26 bits per heavy atom. The van der Waals surface area contributed by atoms with Crippen LogP contribution in [0.3, 0.4) is 0 Å². The van der Waals surface area contributed by atoms with Crippen LogP contribution in [-0.4, -0.2) is 149 Å². The Balaban J connectivity index is 0.000000272. The van der Waals surface area contributed by atoms with Gasteiger partial charge in [-0.1, -0.05) is 0 Å². The van der Waals surface area contributed by atoms with E-state index in [0.717, 1.165) is 0 Å². The molecule has 0 aromatic heterocycles. The zero-order valence-electron chi connectivity index (χ0n) is 22.7. The molecular formula is C24H42O15. The van der Waals surface area contributed by atoms with Gasteiger partial charge in [0.15, 0.2) is 18.4 Å². The van der Waals surface area contributed by atoms with Gasteiger partial charge in [-0.15, -0.1) is 0 Å². The molecule has 0 amide bonds. The Morgan fingerprint density at radius 1 is 0.949 bits per heavy atom. The molecule has 4 saturated heterocycles. The molecule has 4 aliphatic rings. The van der Waals surface area contributed by atoms with Gasteiger partial charge in [0.05, 0.1) is 18.8 Å². The van der Waals surface area contributed by atoms with E-state index in [9.17, 15) is 35.4 Å². The van der Waals surface area contributed by atoms with Crippen LogP contribution < -0.4 is 0 Å². The van der Waals surface area contributed by atoms with E-state index in [4.69, 9.17) is 33.2 Å². The smallest absolute Gasteiger partial charge is 0.302 e. The monoisotopic (exact) mass is 570 g/mol. The molecule has 4 rings (SSSR count). The highest BCUT2D eigenvalue weighted by molar-refractivity contribution is 5.65. The average molecular weight is 571 g/mol. The largest absolute Gasteiger partial charge is 0.463 e. The van der Waals surface area contributed by atoms with Crippen LogP contribution in [-0.2, 0) is 42.7 Å². The molecule has 0 spiro atoms. The third-order valence-electron chi connectivity index (χ3n) is 6.93. The number of esters is 1. The highest BCUT2D eigenvalue weighted by Gasteiger charge is 2.53. The molecule has 4 aliphatic heterocycles. The minimum absolute atomic E-state index is 0.00639. The lowest BCUT2D eigenvalue weighted by Crippen LogP contribution is -2.66. The molecule has 0 aromatic carbocycles. The quantitative estimate of drug-likeness (QED) is 0.184. The number of aliphatic hydroxyl groups is 6. The lowest BCUT2D eigenvalue weighted by atomic mass is 9.96. The normalized spacial score (nSPS) is 45.9. The molecular weight excluding hydrogens is 528 g/mol. The van der Waals surface area contributed by atoms with E-state index in [1.54, 1.807) is 20.8 Å². The number of rotatable bonds is 5. The van der Waals surface area contributed by atoms with Crippen molar-refractivity contribution in [2.75, 3.05) is 26.9 Å². The first kappa shape index (κ1) is 32.5. The van der Waals surface area contributed by atoms with Crippen LogP contribution in [0.15, 0.2) is 0 Å². The number of methoxy groups -OCH3 is 1. The summed E-state index contributed by atoms with van der Waals surface area (Å²) in [5.41, 5.74) is 0. The van der Waals surface area contributed by atoms with Crippen LogP contribution >= 0.6 is 0 Å². The first-order valence-electron chi connectivity index (χ1n) is 12.9. The molecule has 4 fully saturated rings. The summed E-state index contributed by atoms with van der Waals surface area (Å²) >= 11 is 0. The lowest BCUT2D eigenvalue weighted by Gasteiger charge is -2.50. The van der Waals surface area contributed by atoms with Gasteiger partial charge in [0.1, 0.15) is 61.5 Å². The Kier molecular flexibility index (Phi) is 11.4. The van der Waals surface area contributed by atoms with Gasteiger partial charge in [-0.05, 0) is 27.2 Å². The van der Waals surface area contributed by atoms with Crippen molar-refractivity contribution in [3.63, 3.8) is 0 Å². The van der Waals surface area contributed by atoms with Gasteiger partial charge in [-0.3, -0.25) is 4.79 Å². The second kappa shape index (κ2) is 13.7. The van der Waals surface area contributed by atoms with Gasteiger partial charge in [0.25, 0.3) is 0 Å². The predicted molar refractivity (Wildman–Crippen MR) is 127 cm³/mol. The van der Waals surface area contributed by atoms with Crippen LogP contribution in [0.1, 0.15) is 34.1 Å². The topological polar surface area (TPSA) is 212 Å². The van der Waals surface area contributed by atoms with Gasteiger partial charge in [-0.2, -0.15) is 0 Å². The zero-order chi connectivity index (χ0) is 29.1. The molecule has 0 saturated carbocycles. The SMILES string of the molecule is CC(=O)OCC1OCC[C@H](O)[C@@H]1O.CO[C@@H]1OC(C)C(O[C@@H]2OC3COC(C)(C)O[C@H]3[C@@H](O)C2O)[C@@H](O)C1O. The van der Waals surface area contributed by atoms with Crippen LogP contribution in [0.4, 0.5) is 0 Å². The van der Waals surface area contributed by atoms with Gasteiger partial charge in [-0.25, -0.2) is 0 Å². The molecule has 6 N–H and O–H groups in total. The highest BCUT2D eigenvalue weighted by Crippen LogP contribution is 2.34. The van der Waals surface area contributed by atoms with E-state index in [2.05, 4.69) is 4.74 Å². The zero-order valence-corrected chi connectivity index (χ0v) is 22.7. The summed E-state index contributed by atoms with van der Waals surface area (Å²) in [6, 6.07) is 0. The number of carbonyl (C=O) groups is 1. The molecule has 15 nitrogen and oxygen atoms in total. The molecule has 13 atom stereocenters. The molecule has 6 unspecified atom stereocenters. The maximum Gasteiger partial charge on any atom is 0.302 e. The van der Waals surface area contributed by atoms with Gasteiger partial charge in [0, 0.05) is 20.6 Å². The number of aliphatic hydroxyl groups excluding tert-OH is 6. The number of carbonyl (C=O) groups excluding carboxylic acids is 1. The molecule has 15 heteroatoms. The summed E-state index contributed by atoms with van der Waals surface area (Å²) < 4.78 is 42.7. The average Bonchev–Trinajstić information content (AvgIpc) is 2.88.